The van der Waals surface area contributed by atoms with Crippen molar-refractivity contribution in [3.63, 3.8) is 0 Å². The Labute approximate surface area is 140 Å². The minimum atomic E-state index is -0.359. The Morgan fingerprint density at radius 1 is 1.08 bits per heavy atom. The standard InChI is InChI=1S/C17H17N5O2/c1-13(23)21-6-8-22(9-7-21)17(24)15(11-19)12-20-16-4-2-14(10-18)3-5-16/h2-5,12,20H,6-9H2,1H3/b15-12-. The number of nitrogens with zero attached hydrogens (tertiary/aromatic N) is 4. The highest BCUT2D eigenvalue weighted by Crippen LogP contribution is 2.11. The lowest BCUT2D eigenvalue weighted by molar-refractivity contribution is -0.136. The number of carbonyl (C=O) groups excluding carboxylic acids is 2. The highest BCUT2D eigenvalue weighted by Gasteiger charge is 2.24. The van der Waals surface area contributed by atoms with Crippen molar-refractivity contribution in [3.8, 4) is 12.1 Å². The zero-order valence-electron chi connectivity index (χ0n) is 13.3. The van der Waals surface area contributed by atoms with Gasteiger partial charge in [-0.15, -0.1) is 0 Å². The molecule has 0 aromatic heterocycles. The van der Waals surface area contributed by atoms with Gasteiger partial charge in [-0.3, -0.25) is 9.59 Å². The van der Waals surface area contributed by atoms with E-state index < -0.39 is 0 Å². The average molecular weight is 323 g/mol. The number of anilines is 1. The first-order valence-electron chi connectivity index (χ1n) is 7.47. The van der Waals surface area contributed by atoms with E-state index in [2.05, 4.69) is 5.32 Å². The van der Waals surface area contributed by atoms with Crippen LogP contribution >= 0.6 is 0 Å². The third-order valence-corrected chi connectivity index (χ3v) is 3.76. The molecular formula is C17H17N5O2. The predicted octanol–water partition coefficient (Wildman–Crippen LogP) is 1.07. The first-order chi connectivity index (χ1) is 11.5. The molecule has 1 aromatic carbocycles. The molecule has 1 heterocycles. The van der Waals surface area contributed by atoms with Gasteiger partial charge in [0.15, 0.2) is 0 Å². The number of benzene rings is 1. The number of piperazine rings is 1. The molecule has 24 heavy (non-hydrogen) atoms. The van der Waals surface area contributed by atoms with Crippen molar-refractivity contribution in [2.45, 2.75) is 6.92 Å². The molecule has 0 bridgehead atoms. The van der Waals surface area contributed by atoms with Crippen LogP contribution in [0.15, 0.2) is 36.0 Å². The fraction of sp³-hybridized carbons (Fsp3) is 0.294. The van der Waals surface area contributed by atoms with Gasteiger partial charge in [0.25, 0.3) is 5.91 Å². The Morgan fingerprint density at radius 2 is 1.67 bits per heavy atom. The lowest BCUT2D eigenvalue weighted by atomic mass is 10.2. The molecule has 0 unspecified atom stereocenters. The molecule has 7 heteroatoms. The fourth-order valence-electron chi connectivity index (χ4n) is 2.33. The van der Waals surface area contributed by atoms with Crippen molar-refractivity contribution >= 4 is 17.5 Å². The first kappa shape index (κ1) is 17.0. The molecule has 1 aromatic rings. The summed E-state index contributed by atoms with van der Waals surface area (Å²) in [5.74, 6) is -0.373. The molecule has 0 spiro atoms. The van der Waals surface area contributed by atoms with Gasteiger partial charge >= 0.3 is 0 Å². The second-order valence-corrected chi connectivity index (χ2v) is 5.30. The lowest BCUT2D eigenvalue weighted by Gasteiger charge is -2.34. The quantitative estimate of drug-likeness (QED) is 0.662. The first-order valence-corrected chi connectivity index (χ1v) is 7.47. The molecular weight excluding hydrogens is 306 g/mol. The number of amides is 2. The van der Waals surface area contributed by atoms with E-state index in [0.29, 0.717) is 37.4 Å². The van der Waals surface area contributed by atoms with Crippen molar-refractivity contribution in [2.24, 2.45) is 0 Å². The Kier molecular flexibility index (Phi) is 5.54. The summed E-state index contributed by atoms with van der Waals surface area (Å²) in [4.78, 5) is 26.9. The number of rotatable bonds is 3. The molecule has 0 atom stereocenters. The summed E-state index contributed by atoms with van der Waals surface area (Å²) in [7, 11) is 0. The summed E-state index contributed by atoms with van der Waals surface area (Å²) in [6.45, 7) is 3.27. The minimum absolute atomic E-state index is 0.00404. The monoisotopic (exact) mass is 323 g/mol. The SMILES string of the molecule is CC(=O)N1CCN(C(=O)/C(C#N)=C\Nc2ccc(C#N)cc2)CC1. The zero-order valence-corrected chi connectivity index (χ0v) is 13.3. The van der Waals surface area contributed by atoms with Crippen molar-refractivity contribution in [2.75, 3.05) is 31.5 Å². The molecule has 2 rings (SSSR count). The van der Waals surface area contributed by atoms with E-state index in [0.717, 1.165) is 0 Å². The number of nitriles is 2. The topological polar surface area (TPSA) is 100 Å². The van der Waals surface area contributed by atoms with E-state index in [1.807, 2.05) is 12.1 Å². The maximum absolute atomic E-state index is 12.4. The predicted molar refractivity (Wildman–Crippen MR) is 87.3 cm³/mol. The van der Waals surface area contributed by atoms with E-state index in [1.54, 1.807) is 34.1 Å². The van der Waals surface area contributed by atoms with Crippen LogP contribution in [0.25, 0.3) is 0 Å². The summed E-state index contributed by atoms with van der Waals surface area (Å²) < 4.78 is 0. The van der Waals surface area contributed by atoms with Crippen LogP contribution in [0.1, 0.15) is 12.5 Å². The normalized spacial score (nSPS) is 14.5. The van der Waals surface area contributed by atoms with Crippen molar-refractivity contribution in [1.82, 2.24) is 9.80 Å². The molecule has 2 amide bonds. The van der Waals surface area contributed by atoms with Crippen molar-refractivity contribution < 1.29 is 9.59 Å². The number of nitrogens with one attached hydrogen (secondary N) is 1. The maximum Gasteiger partial charge on any atom is 0.266 e. The smallest absolute Gasteiger partial charge is 0.266 e. The molecule has 7 nitrogen and oxygen atoms in total. The van der Waals surface area contributed by atoms with Gasteiger partial charge in [-0.25, -0.2) is 0 Å². The van der Waals surface area contributed by atoms with Crippen LogP contribution < -0.4 is 5.32 Å². The van der Waals surface area contributed by atoms with E-state index in [4.69, 9.17) is 5.26 Å². The molecule has 1 fully saturated rings. The highest BCUT2D eigenvalue weighted by molar-refractivity contribution is 5.97. The van der Waals surface area contributed by atoms with Gasteiger partial charge in [0.05, 0.1) is 11.6 Å². The van der Waals surface area contributed by atoms with Crippen LogP contribution in [0, 0.1) is 22.7 Å². The molecule has 1 aliphatic rings. The second-order valence-electron chi connectivity index (χ2n) is 5.30. The molecule has 1 N–H and O–H groups in total. The van der Waals surface area contributed by atoms with E-state index in [1.165, 1.54) is 13.1 Å². The maximum atomic E-state index is 12.4. The molecule has 122 valence electrons. The van der Waals surface area contributed by atoms with Gasteiger partial charge in [0.2, 0.25) is 5.91 Å². The second kappa shape index (κ2) is 7.80. The number of hydrogen-bond donors (Lipinski definition) is 1. The average Bonchev–Trinajstić information content (AvgIpc) is 2.62. The van der Waals surface area contributed by atoms with Crippen LogP contribution in [0.2, 0.25) is 0 Å². The van der Waals surface area contributed by atoms with Gasteiger partial charge in [-0.1, -0.05) is 0 Å². The van der Waals surface area contributed by atoms with E-state index >= 15 is 0 Å². The third kappa shape index (κ3) is 4.11. The largest absolute Gasteiger partial charge is 0.360 e. The Hall–Kier alpha value is -3.32. The van der Waals surface area contributed by atoms with Crippen LogP contribution in [-0.2, 0) is 9.59 Å². The molecule has 0 saturated carbocycles. The van der Waals surface area contributed by atoms with E-state index in [9.17, 15) is 14.9 Å². The van der Waals surface area contributed by atoms with Crippen molar-refractivity contribution in [1.29, 1.82) is 10.5 Å². The zero-order chi connectivity index (χ0) is 17.5. The Morgan fingerprint density at radius 3 is 2.17 bits per heavy atom. The summed E-state index contributed by atoms with van der Waals surface area (Å²) in [6, 6.07) is 10.6. The van der Waals surface area contributed by atoms with Crippen LogP contribution in [-0.4, -0.2) is 47.8 Å². The summed E-state index contributed by atoms with van der Waals surface area (Å²) >= 11 is 0. The Balaban J connectivity index is 1.99. The molecule has 0 aliphatic carbocycles. The van der Waals surface area contributed by atoms with Gasteiger partial charge in [0, 0.05) is 45.0 Å². The Bertz CT molecular complexity index is 732. The lowest BCUT2D eigenvalue weighted by Crippen LogP contribution is -2.50. The van der Waals surface area contributed by atoms with E-state index in [-0.39, 0.29) is 17.4 Å². The van der Waals surface area contributed by atoms with Crippen LogP contribution in [0.3, 0.4) is 0 Å². The summed E-state index contributed by atoms with van der Waals surface area (Å²) in [6.07, 6.45) is 1.36. The summed E-state index contributed by atoms with van der Waals surface area (Å²) in [5.41, 5.74) is 1.20. The number of carbonyl (C=O) groups is 2. The minimum Gasteiger partial charge on any atom is -0.360 e. The van der Waals surface area contributed by atoms with Crippen molar-refractivity contribution in [3.05, 3.63) is 41.6 Å². The summed E-state index contributed by atoms with van der Waals surface area (Å²) in [5, 5.41) is 20.9. The van der Waals surface area contributed by atoms with Gasteiger partial charge < -0.3 is 15.1 Å². The van der Waals surface area contributed by atoms with Gasteiger partial charge in [0.1, 0.15) is 11.6 Å². The molecule has 1 aliphatic heterocycles. The molecule has 1 saturated heterocycles. The molecule has 0 radical (unpaired) electrons. The third-order valence-electron chi connectivity index (χ3n) is 3.76. The van der Waals surface area contributed by atoms with Gasteiger partial charge in [-0.05, 0) is 24.3 Å². The fourth-order valence-corrected chi connectivity index (χ4v) is 2.33. The van der Waals surface area contributed by atoms with Gasteiger partial charge in [-0.2, -0.15) is 10.5 Å². The highest BCUT2D eigenvalue weighted by atomic mass is 16.2. The van der Waals surface area contributed by atoms with Crippen LogP contribution in [0.5, 0.6) is 0 Å². The van der Waals surface area contributed by atoms with Crippen LogP contribution in [0.4, 0.5) is 5.69 Å². The number of hydrogen-bond acceptors (Lipinski definition) is 5.